The number of benzene rings is 1. The number of halogens is 1. The molecule has 0 atom stereocenters. The van der Waals surface area contributed by atoms with E-state index in [1.54, 1.807) is 12.1 Å². The van der Waals surface area contributed by atoms with Crippen LogP contribution in [0.25, 0.3) is 0 Å². The molecule has 0 radical (unpaired) electrons. The summed E-state index contributed by atoms with van der Waals surface area (Å²) in [6.45, 7) is 0.586. The van der Waals surface area contributed by atoms with Crippen LogP contribution >= 0.6 is 0 Å². The Balaban J connectivity index is 1.76. The van der Waals surface area contributed by atoms with Gasteiger partial charge in [-0.3, -0.25) is 4.79 Å². The monoisotopic (exact) mass is 313 g/mol. The summed E-state index contributed by atoms with van der Waals surface area (Å²) in [6, 6.07) is 4.53. The van der Waals surface area contributed by atoms with Crippen molar-refractivity contribution >= 4 is 15.7 Å². The average molecular weight is 313 g/mol. The van der Waals surface area contributed by atoms with E-state index in [1.807, 2.05) is 0 Å². The molecule has 1 aromatic carbocycles. The quantitative estimate of drug-likeness (QED) is 0.839. The SMILES string of the molecule is O=C(CS(=O)(=O)C1CC1)N1CCOc2c(F)cccc2C1. The smallest absolute Gasteiger partial charge is 0.238 e. The van der Waals surface area contributed by atoms with Crippen molar-refractivity contribution in [1.82, 2.24) is 4.90 Å². The van der Waals surface area contributed by atoms with Gasteiger partial charge in [-0.15, -0.1) is 0 Å². The van der Waals surface area contributed by atoms with Crippen LogP contribution in [0.1, 0.15) is 18.4 Å². The Bertz CT molecular complexity index is 670. The minimum absolute atomic E-state index is 0.151. The predicted molar refractivity (Wildman–Crippen MR) is 74.1 cm³/mol. The number of carbonyl (C=O) groups is 1. The Labute approximate surface area is 122 Å². The van der Waals surface area contributed by atoms with E-state index in [1.165, 1.54) is 11.0 Å². The number of nitrogens with zero attached hydrogens (tertiary/aromatic N) is 1. The second-order valence-corrected chi connectivity index (χ2v) is 7.68. The van der Waals surface area contributed by atoms with Crippen molar-refractivity contribution in [2.45, 2.75) is 24.6 Å². The maximum Gasteiger partial charge on any atom is 0.238 e. The van der Waals surface area contributed by atoms with Gasteiger partial charge >= 0.3 is 0 Å². The summed E-state index contributed by atoms with van der Waals surface area (Å²) in [7, 11) is -3.34. The van der Waals surface area contributed by atoms with Crippen molar-refractivity contribution in [3.8, 4) is 5.75 Å². The summed E-state index contributed by atoms with van der Waals surface area (Å²) < 4.78 is 42.8. The van der Waals surface area contributed by atoms with Crippen molar-refractivity contribution in [2.75, 3.05) is 18.9 Å². The lowest BCUT2D eigenvalue weighted by Gasteiger charge is -2.19. The van der Waals surface area contributed by atoms with Crippen molar-refractivity contribution < 1.29 is 22.3 Å². The van der Waals surface area contributed by atoms with E-state index in [0.29, 0.717) is 18.4 Å². The Kier molecular flexibility index (Phi) is 3.61. The highest BCUT2D eigenvalue weighted by Gasteiger charge is 2.38. The fraction of sp³-hybridized carbons (Fsp3) is 0.500. The first-order chi connectivity index (χ1) is 9.97. The topological polar surface area (TPSA) is 63.7 Å². The molecule has 5 nitrogen and oxygen atoms in total. The summed E-state index contributed by atoms with van der Waals surface area (Å²) in [6.07, 6.45) is 1.29. The molecule has 0 bridgehead atoms. The highest BCUT2D eigenvalue weighted by Crippen LogP contribution is 2.30. The Hall–Kier alpha value is -1.63. The van der Waals surface area contributed by atoms with Crippen LogP contribution in [0.4, 0.5) is 4.39 Å². The van der Waals surface area contributed by atoms with E-state index >= 15 is 0 Å². The largest absolute Gasteiger partial charge is 0.488 e. The number of hydrogen-bond donors (Lipinski definition) is 0. The van der Waals surface area contributed by atoms with Gasteiger partial charge in [-0.25, -0.2) is 12.8 Å². The molecule has 21 heavy (non-hydrogen) atoms. The summed E-state index contributed by atoms with van der Waals surface area (Å²) in [5, 5.41) is -0.352. The standard InChI is InChI=1S/C14H16FNO4S/c15-12-3-1-2-10-8-16(6-7-20-14(10)12)13(17)9-21(18,19)11-4-5-11/h1-3,11H,4-9H2. The first kappa shape index (κ1) is 14.3. The van der Waals surface area contributed by atoms with Crippen LogP contribution in [-0.4, -0.2) is 43.4 Å². The molecular formula is C14H16FNO4S. The molecule has 1 aromatic rings. The van der Waals surface area contributed by atoms with E-state index in [0.717, 1.165) is 0 Å². The molecule has 1 heterocycles. The van der Waals surface area contributed by atoms with Crippen LogP contribution in [0.2, 0.25) is 0 Å². The third-order valence-corrected chi connectivity index (χ3v) is 5.86. The number of para-hydroxylation sites is 1. The zero-order chi connectivity index (χ0) is 15.0. The summed E-state index contributed by atoms with van der Waals surface area (Å²) in [4.78, 5) is 13.6. The fourth-order valence-electron chi connectivity index (χ4n) is 2.40. The number of rotatable bonds is 3. The number of amides is 1. The molecule has 1 fully saturated rings. The summed E-state index contributed by atoms with van der Waals surface area (Å²) in [5.41, 5.74) is 0.560. The maximum atomic E-state index is 13.6. The molecule has 0 N–H and O–H groups in total. The van der Waals surface area contributed by atoms with Gasteiger partial charge in [0.2, 0.25) is 5.91 Å². The van der Waals surface area contributed by atoms with Crippen LogP contribution in [0, 0.1) is 5.82 Å². The fourth-order valence-corrected chi connectivity index (χ4v) is 4.02. The third-order valence-electron chi connectivity index (χ3n) is 3.73. The van der Waals surface area contributed by atoms with Gasteiger partial charge in [-0.1, -0.05) is 12.1 Å². The Morgan fingerprint density at radius 3 is 2.86 bits per heavy atom. The second kappa shape index (κ2) is 5.29. The molecule has 2 aliphatic rings. The van der Waals surface area contributed by atoms with Crippen molar-refractivity contribution in [2.24, 2.45) is 0 Å². The van der Waals surface area contributed by atoms with Gasteiger partial charge in [0.15, 0.2) is 21.4 Å². The Morgan fingerprint density at radius 2 is 2.14 bits per heavy atom. The van der Waals surface area contributed by atoms with Gasteiger partial charge in [0.1, 0.15) is 12.4 Å². The van der Waals surface area contributed by atoms with Gasteiger partial charge in [-0.05, 0) is 18.9 Å². The first-order valence-corrected chi connectivity index (χ1v) is 8.58. The normalized spacial score (nSPS) is 18.6. The second-order valence-electron chi connectivity index (χ2n) is 5.40. The number of hydrogen-bond acceptors (Lipinski definition) is 4. The van der Waals surface area contributed by atoms with Crippen LogP contribution < -0.4 is 4.74 Å². The molecule has 0 spiro atoms. The van der Waals surface area contributed by atoms with Gasteiger partial charge in [0.25, 0.3) is 0 Å². The molecule has 3 rings (SSSR count). The van der Waals surface area contributed by atoms with Crippen molar-refractivity contribution in [3.05, 3.63) is 29.6 Å². The molecule has 7 heteroatoms. The van der Waals surface area contributed by atoms with Crippen LogP contribution in [0.3, 0.4) is 0 Å². The first-order valence-electron chi connectivity index (χ1n) is 6.87. The van der Waals surface area contributed by atoms with E-state index in [9.17, 15) is 17.6 Å². The van der Waals surface area contributed by atoms with Crippen molar-refractivity contribution in [3.63, 3.8) is 0 Å². The minimum Gasteiger partial charge on any atom is -0.488 e. The predicted octanol–water partition coefficient (Wildman–Crippen LogP) is 1.12. The van der Waals surface area contributed by atoms with E-state index in [-0.39, 0.29) is 30.7 Å². The molecule has 0 unspecified atom stereocenters. The highest BCUT2D eigenvalue weighted by atomic mass is 32.2. The molecule has 0 saturated heterocycles. The summed E-state index contributed by atoms with van der Waals surface area (Å²) in [5.74, 6) is -1.23. The van der Waals surface area contributed by atoms with Gasteiger partial charge < -0.3 is 9.64 Å². The highest BCUT2D eigenvalue weighted by molar-refractivity contribution is 7.93. The number of ether oxygens (including phenoxy) is 1. The lowest BCUT2D eigenvalue weighted by molar-refractivity contribution is -0.129. The molecule has 1 amide bonds. The van der Waals surface area contributed by atoms with Crippen LogP contribution in [0.15, 0.2) is 18.2 Å². The molecule has 1 aliphatic carbocycles. The number of sulfone groups is 1. The van der Waals surface area contributed by atoms with Gasteiger partial charge in [-0.2, -0.15) is 0 Å². The lowest BCUT2D eigenvalue weighted by Crippen LogP contribution is -2.37. The summed E-state index contributed by atoms with van der Waals surface area (Å²) >= 11 is 0. The number of carbonyl (C=O) groups excluding carboxylic acids is 1. The zero-order valence-corrected chi connectivity index (χ0v) is 12.2. The minimum atomic E-state index is -3.34. The zero-order valence-electron chi connectivity index (χ0n) is 11.4. The van der Waals surface area contributed by atoms with E-state index < -0.39 is 27.3 Å². The molecule has 114 valence electrons. The number of fused-ring (bicyclic) bond motifs is 1. The van der Waals surface area contributed by atoms with Crippen molar-refractivity contribution in [1.29, 1.82) is 0 Å². The van der Waals surface area contributed by atoms with Crippen LogP contribution in [0.5, 0.6) is 5.75 Å². The van der Waals surface area contributed by atoms with E-state index in [4.69, 9.17) is 4.74 Å². The van der Waals surface area contributed by atoms with Gasteiger partial charge in [0.05, 0.1) is 11.8 Å². The maximum absolute atomic E-state index is 13.6. The molecular weight excluding hydrogens is 297 g/mol. The van der Waals surface area contributed by atoms with Gasteiger partial charge in [0, 0.05) is 12.1 Å². The average Bonchev–Trinajstić information content (AvgIpc) is 3.25. The lowest BCUT2D eigenvalue weighted by atomic mass is 10.2. The molecule has 1 saturated carbocycles. The molecule has 0 aromatic heterocycles. The Morgan fingerprint density at radius 1 is 1.38 bits per heavy atom. The van der Waals surface area contributed by atoms with E-state index in [2.05, 4.69) is 0 Å². The third kappa shape index (κ3) is 3.02. The molecule has 1 aliphatic heterocycles. The van der Waals surface area contributed by atoms with Crippen LogP contribution in [-0.2, 0) is 21.2 Å².